The van der Waals surface area contributed by atoms with Crippen LogP contribution in [0.4, 0.5) is 0 Å². The molecular weight excluding hydrogens is 230 g/mol. The van der Waals surface area contributed by atoms with Crippen molar-refractivity contribution in [1.29, 1.82) is 0 Å². The second kappa shape index (κ2) is 5.28. The number of alkyl halides is 1. The van der Waals surface area contributed by atoms with Crippen molar-refractivity contribution in [2.45, 2.75) is 19.4 Å². The normalized spacial score (nSPS) is 10.7. The summed E-state index contributed by atoms with van der Waals surface area (Å²) >= 11 is 7.32. The van der Waals surface area contributed by atoms with Gasteiger partial charge in [-0.1, -0.05) is 5.21 Å². The molecule has 3 nitrogen and oxygen atoms in total. The van der Waals surface area contributed by atoms with Gasteiger partial charge in [-0.15, -0.1) is 16.7 Å². The Morgan fingerprint density at radius 3 is 3.13 bits per heavy atom. The number of halogens is 1. The van der Waals surface area contributed by atoms with Gasteiger partial charge < -0.3 is 0 Å². The molecule has 80 valence electrons. The van der Waals surface area contributed by atoms with Crippen LogP contribution in [0.2, 0.25) is 0 Å². The zero-order chi connectivity index (χ0) is 10.5. The smallest absolute Gasteiger partial charge is 0.0827 e. The summed E-state index contributed by atoms with van der Waals surface area (Å²) < 4.78 is 1.87. The van der Waals surface area contributed by atoms with Crippen LogP contribution in [-0.4, -0.2) is 20.9 Å². The van der Waals surface area contributed by atoms with Crippen LogP contribution in [-0.2, 0) is 13.0 Å². The molecule has 0 aliphatic carbocycles. The Bertz CT molecular complexity index is 396. The Labute approximate surface area is 97.7 Å². The number of hydrogen-bond acceptors (Lipinski definition) is 3. The van der Waals surface area contributed by atoms with Crippen LogP contribution in [0.3, 0.4) is 0 Å². The molecule has 0 fully saturated rings. The molecule has 2 heterocycles. The van der Waals surface area contributed by atoms with Crippen molar-refractivity contribution in [3.8, 4) is 0 Å². The van der Waals surface area contributed by atoms with Gasteiger partial charge in [0.2, 0.25) is 0 Å². The average Bonchev–Trinajstić information content (AvgIpc) is 2.87. The summed E-state index contributed by atoms with van der Waals surface area (Å²) in [7, 11) is 0. The molecule has 2 rings (SSSR count). The quantitative estimate of drug-likeness (QED) is 0.754. The van der Waals surface area contributed by atoms with E-state index in [9.17, 15) is 0 Å². The highest BCUT2D eigenvalue weighted by Crippen LogP contribution is 2.08. The van der Waals surface area contributed by atoms with Crippen molar-refractivity contribution < 1.29 is 0 Å². The molecule has 0 radical (unpaired) electrons. The van der Waals surface area contributed by atoms with E-state index in [0.717, 1.165) is 25.1 Å². The fourth-order valence-electron chi connectivity index (χ4n) is 1.35. The predicted octanol–water partition coefficient (Wildman–Crippen LogP) is 2.56. The molecule has 0 N–H and O–H groups in total. The molecule has 0 spiro atoms. The number of hydrogen-bond donors (Lipinski definition) is 0. The molecule has 2 aromatic heterocycles. The number of rotatable bonds is 5. The molecule has 0 aliphatic rings. The van der Waals surface area contributed by atoms with Crippen molar-refractivity contribution in [2.24, 2.45) is 0 Å². The third kappa shape index (κ3) is 3.04. The first-order valence-corrected chi connectivity index (χ1v) is 6.32. The second-order valence-electron chi connectivity index (χ2n) is 3.33. The van der Waals surface area contributed by atoms with E-state index < -0.39 is 0 Å². The lowest BCUT2D eigenvalue weighted by molar-refractivity contribution is 0.650. The van der Waals surface area contributed by atoms with Crippen molar-refractivity contribution in [3.05, 3.63) is 34.3 Å². The van der Waals surface area contributed by atoms with Gasteiger partial charge in [0.05, 0.1) is 12.2 Å². The molecule has 0 amide bonds. The predicted molar refractivity (Wildman–Crippen MR) is 62.5 cm³/mol. The molecule has 5 heteroatoms. The summed E-state index contributed by atoms with van der Waals surface area (Å²) in [4.78, 5) is 0. The maximum atomic E-state index is 5.62. The maximum Gasteiger partial charge on any atom is 0.0827 e. The minimum atomic E-state index is 0.678. The van der Waals surface area contributed by atoms with Crippen LogP contribution in [0.5, 0.6) is 0 Å². The fraction of sp³-hybridized carbons (Fsp3) is 0.400. The van der Waals surface area contributed by atoms with Crippen LogP contribution in [0, 0.1) is 0 Å². The topological polar surface area (TPSA) is 30.7 Å². The molecule has 2 aromatic rings. The van der Waals surface area contributed by atoms with Gasteiger partial charge in [-0.3, -0.25) is 0 Å². The molecule has 0 bridgehead atoms. The zero-order valence-electron chi connectivity index (χ0n) is 8.27. The lowest BCUT2D eigenvalue weighted by Crippen LogP contribution is -1.98. The van der Waals surface area contributed by atoms with Gasteiger partial charge in [0, 0.05) is 12.1 Å². The van der Waals surface area contributed by atoms with E-state index in [1.807, 2.05) is 10.9 Å². The van der Waals surface area contributed by atoms with Gasteiger partial charge in [-0.05, 0) is 35.2 Å². The van der Waals surface area contributed by atoms with Crippen molar-refractivity contribution in [1.82, 2.24) is 15.0 Å². The second-order valence-corrected chi connectivity index (χ2v) is 4.49. The minimum absolute atomic E-state index is 0.678. The van der Waals surface area contributed by atoms with Crippen LogP contribution < -0.4 is 0 Å². The van der Waals surface area contributed by atoms with Crippen LogP contribution in [0.25, 0.3) is 0 Å². The minimum Gasteiger partial charge on any atom is -0.248 e. The highest BCUT2D eigenvalue weighted by Gasteiger charge is 2.01. The van der Waals surface area contributed by atoms with E-state index >= 15 is 0 Å². The van der Waals surface area contributed by atoms with Gasteiger partial charge in [0.1, 0.15) is 0 Å². The summed E-state index contributed by atoms with van der Waals surface area (Å²) in [6.07, 6.45) is 3.86. The number of aryl methyl sites for hydroxylation is 1. The van der Waals surface area contributed by atoms with Gasteiger partial charge in [-0.2, -0.15) is 11.3 Å². The molecule has 0 aromatic carbocycles. The van der Waals surface area contributed by atoms with E-state index in [2.05, 4.69) is 27.1 Å². The Balaban J connectivity index is 1.95. The summed E-state index contributed by atoms with van der Waals surface area (Å²) in [5.41, 5.74) is 2.29. The average molecular weight is 242 g/mol. The van der Waals surface area contributed by atoms with E-state index in [1.165, 1.54) is 5.56 Å². The molecule has 0 atom stereocenters. The lowest BCUT2D eigenvalue weighted by atomic mass is 10.3. The first kappa shape index (κ1) is 10.6. The Morgan fingerprint density at radius 2 is 2.40 bits per heavy atom. The van der Waals surface area contributed by atoms with Gasteiger partial charge in [0.15, 0.2) is 0 Å². The maximum absolute atomic E-state index is 5.62. The Hall–Kier alpha value is -0.870. The third-order valence-electron chi connectivity index (χ3n) is 2.08. The standard InChI is InChI=1S/C10H12ClN3S/c11-4-1-2-10-7-14(13-12-10)6-9-3-5-15-8-9/h3,5,7-8H,1-2,4,6H2. The molecule has 0 aliphatic heterocycles. The van der Waals surface area contributed by atoms with Crippen LogP contribution >= 0.6 is 22.9 Å². The highest BCUT2D eigenvalue weighted by atomic mass is 35.5. The van der Waals surface area contributed by atoms with Crippen LogP contribution in [0.1, 0.15) is 17.7 Å². The summed E-state index contributed by atoms with van der Waals surface area (Å²) in [6.45, 7) is 0.803. The number of thiophene rings is 1. The Kier molecular flexibility index (Phi) is 3.75. The fourth-order valence-corrected chi connectivity index (χ4v) is 2.14. The van der Waals surface area contributed by atoms with Crippen molar-refractivity contribution >= 4 is 22.9 Å². The first-order valence-electron chi connectivity index (χ1n) is 4.84. The largest absolute Gasteiger partial charge is 0.248 e. The molecule has 15 heavy (non-hydrogen) atoms. The first-order chi connectivity index (χ1) is 7.38. The van der Waals surface area contributed by atoms with E-state index in [1.54, 1.807) is 11.3 Å². The van der Waals surface area contributed by atoms with E-state index in [-0.39, 0.29) is 0 Å². The summed E-state index contributed by atoms with van der Waals surface area (Å²) in [5, 5.41) is 12.4. The molecule has 0 unspecified atom stereocenters. The molecule has 0 saturated heterocycles. The summed E-state index contributed by atoms with van der Waals surface area (Å²) in [6, 6.07) is 2.10. The van der Waals surface area contributed by atoms with Crippen molar-refractivity contribution in [2.75, 3.05) is 5.88 Å². The lowest BCUT2D eigenvalue weighted by Gasteiger charge is -1.95. The number of nitrogens with zero attached hydrogens (tertiary/aromatic N) is 3. The van der Waals surface area contributed by atoms with Crippen LogP contribution in [0.15, 0.2) is 23.0 Å². The van der Waals surface area contributed by atoms with Crippen molar-refractivity contribution in [3.63, 3.8) is 0 Å². The molecule has 0 saturated carbocycles. The SMILES string of the molecule is ClCCCc1cn(Cc2ccsc2)nn1. The monoisotopic (exact) mass is 241 g/mol. The van der Waals surface area contributed by atoms with E-state index in [0.29, 0.717) is 5.88 Å². The third-order valence-corrected chi connectivity index (χ3v) is 3.08. The summed E-state index contributed by atoms with van der Waals surface area (Å²) in [5.74, 6) is 0.678. The highest BCUT2D eigenvalue weighted by molar-refractivity contribution is 7.07. The van der Waals surface area contributed by atoms with Gasteiger partial charge >= 0.3 is 0 Å². The van der Waals surface area contributed by atoms with Gasteiger partial charge in [0.25, 0.3) is 0 Å². The van der Waals surface area contributed by atoms with E-state index in [4.69, 9.17) is 11.6 Å². The number of aromatic nitrogens is 3. The Morgan fingerprint density at radius 1 is 1.47 bits per heavy atom. The zero-order valence-corrected chi connectivity index (χ0v) is 9.84. The van der Waals surface area contributed by atoms with Gasteiger partial charge in [-0.25, -0.2) is 4.68 Å². The molecular formula is C10H12ClN3S.